The molecule has 4 nitrogen and oxygen atoms in total. The molecule has 0 saturated carbocycles. The van der Waals surface area contributed by atoms with Crippen LogP contribution in [-0.2, 0) is 11.3 Å². The number of rotatable bonds is 10. The van der Waals surface area contributed by atoms with Gasteiger partial charge in [0.1, 0.15) is 18.5 Å². The van der Waals surface area contributed by atoms with Crippen LogP contribution >= 0.6 is 15.9 Å². The molecule has 0 heterocycles. The van der Waals surface area contributed by atoms with Gasteiger partial charge in [0.05, 0.1) is 6.61 Å². The fourth-order valence-corrected chi connectivity index (χ4v) is 2.12. The van der Waals surface area contributed by atoms with Gasteiger partial charge in [-0.25, -0.2) is 0 Å². The van der Waals surface area contributed by atoms with E-state index in [1.54, 1.807) is 0 Å². The van der Waals surface area contributed by atoms with E-state index in [1.165, 1.54) is 0 Å². The number of aliphatic hydroxyl groups excluding tert-OH is 1. The fourth-order valence-electron chi connectivity index (χ4n) is 1.71. The molecule has 1 aromatic rings. The minimum absolute atomic E-state index is 0.239. The van der Waals surface area contributed by atoms with Gasteiger partial charge in [0, 0.05) is 23.2 Å². The van der Waals surface area contributed by atoms with Crippen LogP contribution < -0.4 is 10.1 Å². The van der Waals surface area contributed by atoms with Crippen molar-refractivity contribution in [2.45, 2.75) is 32.9 Å². The van der Waals surface area contributed by atoms with E-state index >= 15 is 0 Å². The lowest BCUT2D eigenvalue weighted by molar-refractivity contribution is 0.0162. The Balaban J connectivity index is 2.54. The number of ether oxygens (including phenoxy) is 2. The summed E-state index contributed by atoms with van der Waals surface area (Å²) in [7, 11) is 0. The molecule has 20 heavy (non-hydrogen) atoms. The molecule has 0 spiro atoms. The third-order valence-electron chi connectivity index (χ3n) is 2.71. The smallest absolute Gasteiger partial charge is 0.124 e. The molecule has 0 bridgehead atoms. The van der Waals surface area contributed by atoms with Crippen molar-refractivity contribution in [3.63, 3.8) is 0 Å². The summed E-state index contributed by atoms with van der Waals surface area (Å²) >= 11 is 3.47. The maximum Gasteiger partial charge on any atom is 0.124 e. The highest BCUT2D eigenvalue weighted by Crippen LogP contribution is 2.23. The molecule has 0 aliphatic carbocycles. The summed E-state index contributed by atoms with van der Waals surface area (Å²) in [6.45, 7) is 6.90. The van der Waals surface area contributed by atoms with Crippen LogP contribution in [0.2, 0.25) is 0 Å². The topological polar surface area (TPSA) is 50.7 Å². The van der Waals surface area contributed by atoms with Crippen LogP contribution in [0.5, 0.6) is 5.75 Å². The second-order valence-corrected chi connectivity index (χ2v) is 5.47. The predicted octanol–water partition coefficient (Wildman–Crippen LogP) is 2.72. The van der Waals surface area contributed by atoms with Crippen LogP contribution in [0.4, 0.5) is 0 Å². The van der Waals surface area contributed by atoms with Crippen LogP contribution in [0.15, 0.2) is 22.7 Å². The van der Waals surface area contributed by atoms with E-state index in [1.807, 2.05) is 25.1 Å². The van der Waals surface area contributed by atoms with Gasteiger partial charge in [0.25, 0.3) is 0 Å². The van der Waals surface area contributed by atoms with Crippen LogP contribution in [0.1, 0.15) is 25.8 Å². The highest BCUT2D eigenvalue weighted by atomic mass is 79.9. The zero-order valence-electron chi connectivity index (χ0n) is 12.2. The number of nitrogens with one attached hydrogen (secondary N) is 1. The first-order valence-electron chi connectivity index (χ1n) is 7.05. The van der Waals surface area contributed by atoms with Crippen molar-refractivity contribution in [2.75, 3.05) is 26.4 Å². The SMILES string of the molecule is CCCNCc1cc(Br)ccc1OCC(O)COCC. The first-order chi connectivity index (χ1) is 9.67. The molecule has 1 unspecified atom stereocenters. The van der Waals surface area contributed by atoms with Gasteiger partial charge in [-0.2, -0.15) is 0 Å². The van der Waals surface area contributed by atoms with Crippen LogP contribution in [0.25, 0.3) is 0 Å². The lowest BCUT2D eigenvalue weighted by Crippen LogP contribution is -2.24. The number of halogens is 1. The quantitative estimate of drug-likeness (QED) is 0.640. The highest BCUT2D eigenvalue weighted by molar-refractivity contribution is 9.10. The molecule has 0 aromatic heterocycles. The molecule has 0 radical (unpaired) electrons. The Kier molecular flexibility index (Phi) is 8.85. The number of hydrogen-bond donors (Lipinski definition) is 2. The Morgan fingerprint density at radius 2 is 2.10 bits per heavy atom. The van der Waals surface area contributed by atoms with Gasteiger partial charge < -0.3 is 19.9 Å². The number of hydrogen-bond acceptors (Lipinski definition) is 4. The number of aliphatic hydroxyl groups is 1. The minimum atomic E-state index is -0.602. The van der Waals surface area contributed by atoms with Crippen molar-refractivity contribution >= 4 is 15.9 Å². The first-order valence-corrected chi connectivity index (χ1v) is 7.84. The first kappa shape index (κ1) is 17.4. The second kappa shape index (κ2) is 10.2. The maximum atomic E-state index is 9.73. The zero-order chi connectivity index (χ0) is 14.8. The highest BCUT2D eigenvalue weighted by Gasteiger charge is 2.09. The van der Waals surface area contributed by atoms with Crippen molar-refractivity contribution in [3.05, 3.63) is 28.2 Å². The van der Waals surface area contributed by atoms with Crippen molar-refractivity contribution in [3.8, 4) is 5.75 Å². The van der Waals surface area contributed by atoms with Gasteiger partial charge >= 0.3 is 0 Å². The van der Waals surface area contributed by atoms with Gasteiger partial charge in [0.2, 0.25) is 0 Å². The molecule has 0 saturated heterocycles. The maximum absolute atomic E-state index is 9.73. The Morgan fingerprint density at radius 1 is 1.30 bits per heavy atom. The second-order valence-electron chi connectivity index (χ2n) is 4.55. The standard InChI is InChI=1S/C15H24BrNO3/c1-3-7-17-9-12-8-13(16)5-6-15(12)20-11-14(18)10-19-4-2/h5-6,8,14,17-18H,3-4,7,9-11H2,1-2H3. The summed E-state index contributed by atoms with van der Waals surface area (Å²) < 4.78 is 11.9. The Hall–Kier alpha value is -0.620. The van der Waals surface area contributed by atoms with Gasteiger partial charge in [-0.3, -0.25) is 0 Å². The molecule has 5 heteroatoms. The normalized spacial score (nSPS) is 12.4. The third kappa shape index (κ3) is 6.70. The molecule has 0 aliphatic heterocycles. The summed E-state index contributed by atoms with van der Waals surface area (Å²) in [6, 6.07) is 5.89. The molecule has 114 valence electrons. The fraction of sp³-hybridized carbons (Fsp3) is 0.600. The summed E-state index contributed by atoms with van der Waals surface area (Å²) in [4.78, 5) is 0. The zero-order valence-corrected chi connectivity index (χ0v) is 13.8. The largest absolute Gasteiger partial charge is 0.490 e. The van der Waals surface area contributed by atoms with Crippen molar-refractivity contribution in [1.82, 2.24) is 5.32 Å². The molecular formula is C15H24BrNO3. The Labute approximate surface area is 129 Å². The van der Waals surface area contributed by atoms with E-state index in [4.69, 9.17) is 9.47 Å². The van der Waals surface area contributed by atoms with E-state index < -0.39 is 6.10 Å². The Morgan fingerprint density at radius 3 is 2.80 bits per heavy atom. The van der Waals surface area contributed by atoms with Crippen molar-refractivity contribution < 1.29 is 14.6 Å². The molecule has 0 amide bonds. The van der Waals surface area contributed by atoms with Crippen molar-refractivity contribution in [1.29, 1.82) is 0 Å². The minimum Gasteiger partial charge on any atom is -0.490 e. The number of benzene rings is 1. The lowest BCUT2D eigenvalue weighted by Gasteiger charge is -2.15. The summed E-state index contributed by atoms with van der Waals surface area (Å²) in [5.74, 6) is 0.798. The lowest BCUT2D eigenvalue weighted by atomic mass is 10.2. The van der Waals surface area contributed by atoms with Gasteiger partial charge in [-0.05, 0) is 38.1 Å². The summed E-state index contributed by atoms with van der Waals surface area (Å²) in [5, 5.41) is 13.1. The van der Waals surface area contributed by atoms with Crippen LogP contribution in [0.3, 0.4) is 0 Å². The molecule has 0 aliphatic rings. The third-order valence-corrected chi connectivity index (χ3v) is 3.20. The van der Waals surface area contributed by atoms with E-state index in [2.05, 4.69) is 28.2 Å². The van der Waals surface area contributed by atoms with Gasteiger partial charge in [-0.1, -0.05) is 22.9 Å². The van der Waals surface area contributed by atoms with Crippen LogP contribution in [-0.4, -0.2) is 37.6 Å². The summed E-state index contributed by atoms with van der Waals surface area (Å²) in [5.41, 5.74) is 1.08. The average Bonchev–Trinajstić information content (AvgIpc) is 2.44. The van der Waals surface area contributed by atoms with E-state index in [-0.39, 0.29) is 6.61 Å². The van der Waals surface area contributed by atoms with E-state index in [0.29, 0.717) is 13.2 Å². The van der Waals surface area contributed by atoms with Gasteiger partial charge in [0.15, 0.2) is 0 Å². The average molecular weight is 346 g/mol. The molecule has 2 N–H and O–H groups in total. The van der Waals surface area contributed by atoms with Crippen molar-refractivity contribution in [2.24, 2.45) is 0 Å². The molecule has 1 aromatic carbocycles. The molecular weight excluding hydrogens is 322 g/mol. The van der Waals surface area contributed by atoms with E-state index in [0.717, 1.165) is 35.3 Å². The molecule has 0 fully saturated rings. The predicted molar refractivity (Wildman–Crippen MR) is 84.1 cm³/mol. The van der Waals surface area contributed by atoms with Crippen LogP contribution in [0, 0.1) is 0 Å². The van der Waals surface area contributed by atoms with Gasteiger partial charge in [-0.15, -0.1) is 0 Å². The Bertz CT molecular complexity index is 387. The molecule has 1 atom stereocenters. The van der Waals surface area contributed by atoms with E-state index in [9.17, 15) is 5.11 Å². The molecule has 1 rings (SSSR count). The summed E-state index contributed by atoms with van der Waals surface area (Å²) in [6.07, 6.45) is 0.493. The monoisotopic (exact) mass is 345 g/mol.